The fourth-order valence-corrected chi connectivity index (χ4v) is 8.40. The number of allylic oxidation sites excluding steroid dienone is 1. The molecule has 3 amide bonds. The average molecular weight is 815 g/mol. The van der Waals surface area contributed by atoms with Crippen molar-refractivity contribution in [2.45, 2.75) is 37.0 Å². The predicted molar refractivity (Wildman–Crippen MR) is 188 cm³/mol. The highest BCUT2D eigenvalue weighted by molar-refractivity contribution is 7.22. The molecule has 5 aromatic rings. The zero-order valence-corrected chi connectivity index (χ0v) is 29.8. The van der Waals surface area contributed by atoms with Gasteiger partial charge < -0.3 is 21.3 Å². The largest absolute Gasteiger partial charge is 0.435 e. The molecule has 8 rings (SSSR count). The molecule has 3 aromatic heterocycles. The number of alkyl halides is 5. The SMILES string of the molecule is NC(=O)c1cc(-c2cc3sc(N4CCNC(=O)C4)nc3nc2[C@H](Cc2cc(F)cc(F)c2)NC(=O)Cn2nc(C(F)(F)F)c3c2C(F)(F)[C@@H]2C=C=C[C@H]32)ccc1F. The van der Waals surface area contributed by atoms with Gasteiger partial charge in [-0.15, -0.1) is 5.73 Å². The van der Waals surface area contributed by atoms with Gasteiger partial charge in [-0.2, -0.15) is 32.0 Å². The van der Waals surface area contributed by atoms with Crippen molar-refractivity contribution >= 4 is 44.5 Å². The van der Waals surface area contributed by atoms with E-state index in [2.05, 4.69) is 26.4 Å². The number of benzene rings is 2. The number of nitrogens with zero attached hydrogens (tertiary/aromatic N) is 5. The second kappa shape index (κ2) is 13.8. The van der Waals surface area contributed by atoms with Gasteiger partial charge in [0.05, 0.1) is 34.5 Å². The van der Waals surface area contributed by atoms with Crippen LogP contribution in [0.4, 0.5) is 40.3 Å². The number of carbonyl (C=O) groups is 3. The number of carbonyl (C=O) groups excluding carboxylic acids is 3. The van der Waals surface area contributed by atoms with Crippen molar-refractivity contribution in [1.29, 1.82) is 0 Å². The van der Waals surface area contributed by atoms with E-state index in [1.165, 1.54) is 6.07 Å². The molecule has 11 nitrogen and oxygen atoms in total. The van der Waals surface area contributed by atoms with Gasteiger partial charge in [-0.25, -0.2) is 18.2 Å². The van der Waals surface area contributed by atoms with Crippen LogP contribution in [0.25, 0.3) is 21.5 Å². The van der Waals surface area contributed by atoms with E-state index in [1.54, 1.807) is 11.0 Å². The summed E-state index contributed by atoms with van der Waals surface area (Å²) >= 11 is 1.13. The lowest BCUT2D eigenvalue weighted by atomic mass is 9.94. The van der Waals surface area contributed by atoms with Gasteiger partial charge in [0.25, 0.3) is 11.8 Å². The number of aromatic nitrogens is 4. The van der Waals surface area contributed by atoms with Crippen molar-refractivity contribution in [1.82, 2.24) is 30.4 Å². The van der Waals surface area contributed by atoms with Crippen LogP contribution >= 0.6 is 11.3 Å². The number of pyridine rings is 1. The molecule has 2 aliphatic carbocycles. The molecule has 0 unspecified atom stereocenters. The first-order valence-electron chi connectivity index (χ1n) is 17.1. The number of thiazole rings is 1. The van der Waals surface area contributed by atoms with Crippen LogP contribution in [0, 0.1) is 23.4 Å². The maximum absolute atomic E-state index is 15.7. The lowest BCUT2D eigenvalue weighted by molar-refractivity contribution is -0.142. The van der Waals surface area contributed by atoms with Gasteiger partial charge in [0.1, 0.15) is 29.7 Å². The Hall–Kier alpha value is -6.14. The van der Waals surface area contributed by atoms with E-state index in [1.807, 2.05) is 0 Å². The summed E-state index contributed by atoms with van der Waals surface area (Å²) < 4.78 is 118. The summed E-state index contributed by atoms with van der Waals surface area (Å²) in [7, 11) is 0. The second-order valence-corrected chi connectivity index (χ2v) is 14.6. The fourth-order valence-electron chi connectivity index (χ4n) is 7.43. The number of primary amides is 1. The average Bonchev–Trinajstić information content (AvgIpc) is 3.90. The first-order valence-corrected chi connectivity index (χ1v) is 18.0. The molecule has 3 aliphatic rings. The number of nitrogens with two attached hydrogens (primary N) is 1. The third-order valence-electron chi connectivity index (χ3n) is 9.84. The molecule has 294 valence electrons. The Kier molecular flexibility index (Phi) is 9.15. The molecule has 57 heavy (non-hydrogen) atoms. The van der Waals surface area contributed by atoms with Gasteiger partial charge in [-0.05, 0) is 60.0 Å². The van der Waals surface area contributed by atoms with E-state index < -0.39 is 94.7 Å². The Balaban J connectivity index is 1.25. The zero-order chi connectivity index (χ0) is 40.6. The Morgan fingerprint density at radius 2 is 1.82 bits per heavy atom. The molecule has 1 saturated heterocycles. The fraction of sp³-hybridized carbons (Fsp3) is 0.270. The normalized spacial score (nSPS) is 18.8. The third kappa shape index (κ3) is 6.88. The van der Waals surface area contributed by atoms with Crippen LogP contribution in [0.2, 0.25) is 0 Å². The van der Waals surface area contributed by atoms with Crippen molar-refractivity contribution in [3.63, 3.8) is 0 Å². The van der Waals surface area contributed by atoms with Crippen LogP contribution in [-0.2, 0) is 34.7 Å². The Morgan fingerprint density at radius 1 is 1.07 bits per heavy atom. The van der Waals surface area contributed by atoms with Crippen molar-refractivity contribution in [3.05, 3.63) is 112 Å². The highest BCUT2D eigenvalue weighted by Gasteiger charge is 2.60. The predicted octanol–water partition coefficient (Wildman–Crippen LogP) is 5.66. The smallest absolute Gasteiger partial charge is 0.366 e. The maximum Gasteiger partial charge on any atom is 0.435 e. The molecule has 4 heterocycles. The van der Waals surface area contributed by atoms with Gasteiger partial charge in [-0.3, -0.25) is 19.1 Å². The van der Waals surface area contributed by atoms with Gasteiger partial charge in [0.15, 0.2) is 16.5 Å². The number of amides is 3. The van der Waals surface area contributed by atoms with E-state index in [4.69, 9.17) is 10.7 Å². The monoisotopic (exact) mass is 814 g/mol. The van der Waals surface area contributed by atoms with Gasteiger partial charge >= 0.3 is 6.18 Å². The van der Waals surface area contributed by atoms with Gasteiger partial charge in [-0.1, -0.05) is 17.4 Å². The third-order valence-corrected chi connectivity index (χ3v) is 10.9. The molecule has 4 N–H and O–H groups in total. The first-order chi connectivity index (χ1) is 27.0. The van der Waals surface area contributed by atoms with Crippen LogP contribution in [0.3, 0.4) is 0 Å². The van der Waals surface area contributed by atoms with E-state index in [-0.39, 0.29) is 40.5 Å². The molecule has 0 radical (unpaired) electrons. The lowest BCUT2D eigenvalue weighted by Crippen LogP contribution is -2.47. The first kappa shape index (κ1) is 37.8. The van der Waals surface area contributed by atoms with Gasteiger partial charge in [0, 0.05) is 36.2 Å². The molecule has 0 spiro atoms. The van der Waals surface area contributed by atoms with Crippen LogP contribution in [0.5, 0.6) is 0 Å². The van der Waals surface area contributed by atoms with Crippen LogP contribution in [-0.4, -0.2) is 57.1 Å². The minimum atomic E-state index is -5.16. The number of rotatable bonds is 9. The van der Waals surface area contributed by atoms with E-state index in [0.29, 0.717) is 33.7 Å². The molecular weight excluding hydrogens is 789 g/mol. The molecule has 1 fully saturated rings. The Morgan fingerprint density at radius 3 is 2.53 bits per heavy atom. The minimum Gasteiger partial charge on any atom is -0.366 e. The molecule has 3 atom stereocenters. The number of fused-ring (bicyclic) bond motifs is 4. The van der Waals surface area contributed by atoms with Crippen molar-refractivity contribution in [2.75, 3.05) is 24.5 Å². The van der Waals surface area contributed by atoms with Crippen LogP contribution < -0.4 is 21.3 Å². The number of nitrogens with one attached hydrogen (secondary N) is 2. The maximum atomic E-state index is 15.7. The minimum absolute atomic E-state index is 0.0242. The zero-order valence-electron chi connectivity index (χ0n) is 28.9. The van der Waals surface area contributed by atoms with E-state index >= 15 is 8.78 Å². The van der Waals surface area contributed by atoms with Crippen LogP contribution in [0.1, 0.15) is 50.5 Å². The lowest BCUT2D eigenvalue weighted by Gasteiger charge is -2.25. The van der Waals surface area contributed by atoms with Crippen molar-refractivity contribution in [2.24, 2.45) is 11.7 Å². The summed E-state index contributed by atoms with van der Waals surface area (Å²) in [6, 6.07) is 5.99. The highest BCUT2D eigenvalue weighted by Crippen LogP contribution is 2.58. The summed E-state index contributed by atoms with van der Waals surface area (Å²) in [5.41, 5.74) is 4.15. The molecular formula is C37H26F8N8O3S. The summed E-state index contributed by atoms with van der Waals surface area (Å²) in [5.74, 6) is -12.4. The highest BCUT2D eigenvalue weighted by atomic mass is 32.1. The molecule has 1 aliphatic heterocycles. The molecule has 2 aromatic carbocycles. The molecule has 0 bridgehead atoms. The summed E-state index contributed by atoms with van der Waals surface area (Å²) in [6.45, 7) is -0.446. The summed E-state index contributed by atoms with van der Waals surface area (Å²) in [5, 5.41) is 9.08. The van der Waals surface area contributed by atoms with Gasteiger partial charge in [0.2, 0.25) is 11.8 Å². The summed E-state index contributed by atoms with van der Waals surface area (Å²) in [6.07, 6.45) is -3.53. The quantitative estimate of drug-likeness (QED) is 0.129. The standard InChI is InChI=1S/C37H26F8N8O3S/c38-18-8-16(9-19(39)12-18)10-25(48-28(55)15-53-32-29(31(51-53)37(43,44)45)20-2-1-3-23(20)36(32,41)42)30-21(17-4-5-24(40)22(11-17)33(46)56)13-26-34(49-30)50-35(57-26)52-7-6-47-27(54)14-52/h2-5,8-9,11-13,20,23,25H,6-7,10,14-15H2,(H2,46,56)(H,47,54)(H,48,55)/t20-,23+,25-/m0/s1. The number of hydrogen-bond acceptors (Lipinski definition) is 8. The second-order valence-electron chi connectivity index (χ2n) is 13.6. The summed E-state index contributed by atoms with van der Waals surface area (Å²) in [4.78, 5) is 49.2. The number of halogens is 8. The molecule has 20 heteroatoms. The van der Waals surface area contributed by atoms with Crippen molar-refractivity contribution in [3.8, 4) is 11.1 Å². The Labute approximate surface area is 319 Å². The van der Waals surface area contributed by atoms with Crippen molar-refractivity contribution < 1.29 is 49.5 Å². The molecule has 0 saturated carbocycles. The topological polar surface area (TPSA) is 148 Å². The van der Waals surface area contributed by atoms with Crippen LogP contribution in [0.15, 0.2) is 60.3 Å². The van der Waals surface area contributed by atoms with E-state index in [9.17, 15) is 40.7 Å². The number of anilines is 1. The number of hydrogen-bond donors (Lipinski definition) is 3. The Bertz CT molecular complexity index is 2560. The van der Waals surface area contributed by atoms with E-state index in [0.717, 1.165) is 47.8 Å². The number of piperazine rings is 1.